The van der Waals surface area contributed by atoms with E-state index in [9.17, 15) is 4.79 Å². The van der Waals surface area contributed by atoms with E-state index in [0.717, 1.165) is 5.69 Å². The summed E-state index contributed by atoms with van der Waals surface area (Å²) >= 11 is 0. The summed E-state index contributed by atoms with van der Waals surface area (Å²) in [6.45, 7) is 5.02. The fourth-order valence-corrected chi connectivity index (χ4v) is 1.17. The number of rotatable bonds is 5. The molecule has 0 spiro atoms. The summed E-state index contributed by atoms with van der Waals surface area (Å²) < 4.78 is 4.84. The second-order valence-electron chi connectivity index (χ2n) is 3.73. The van der Waals surface area contributed by atoms with Crippen LogP contribution in [0.3, 0.4) is 0 Å². The molecule has 0 unspecified atom stereocenters. The molecule has 1 aromatic rings. The minimum Gasteiger partial charge on any atom is -0.383 e. The summed E-state index contributed by atoms with van der Waals surface area (Å²) in [6.07, 6.45) is 1.42. The van der Waals surface area contributed by atoms with Crippen molar-refractivity contribution in [2.45, 2.75) is 19.8 Å². The van der Waals surface area contributed by atoms with E-state index in [1.165, 1.54) is 6.33 Å². The maximum atomic E-state index is 11.6. The zero-order chi connectivity index (χ0) is 12.0. The summed E-state index contributed by atoms with van der Waals surface area (Å²) in [5.41, 5.74) is 1.27. The van der Waals surface area contributed by atoms with Gasteiger partial charge in [-0.05, 0) is 12.0 Å². The molecule has 0 aromatic carbocycles. The van der Waals surface area contributed by atoms with Crippen molar-refractivity contribution >= 4 is 5.91 Å². The second kappa shape index (κ2) is 6.17. The van der Waals surface area contributed by atoms with Gasteiger partial charge in [0.15, 0.2) is 0 Å². The first kappa shape index (κ1) is 12.6. The van der Waals surface area contributed by atoms with Gasteiger partial charge in [-0.2, -0.15) is 0 Å². The molecular weight excluding hydrogens is 206 g/mol. The quantitative estimate of drug-likeness (QED) is 0.756. The Morgan fingerprint density at radius 2 is 2.25 bits per heavy atom. The standard InChI is InChI=1S/C11H17N3O2/c1-8(2)9-6-10(14-7-13-9)11(15)12-4-5-16-3/h6-8H,4-5H2,1-3H3,(H,12,15). The van der Waals surface area contributed by atoms with Crippen LogP contribution in [0.5, 0.6) is 0 Å². The van der Waals surface area contributed by atoms with Gasteiger partial charge in [0.25, 0.3) is 5.91 Å². The van der Waals surface area contributed by atoms with Gasteiger partial charge in [0.1, 0.15) is 12.0 Å². The van der Waals surface area contributed by atoms with E-state index in [1.807, 2.05) is 13.8 Å². The van der Waals surface area contributed by atoms with Gasteiger partial charge >= 0.3 is 0 Å². The fourth-order valence-electron chi connectivity index (χ4n) is 1.17. The molecule has 1 heterocycles. The fraction of sp³-hybridized carbons (Fsp3) is 0.545. The third-order valence-electron chi connectivity index (χ3n) is 2.10. The van der Waals surface area contributed by atoms with Crippen molar-refractivity contribution in [2.24, 2.45) is 0 Å². The summed E-state index contributed by atoms with van der Waals surface area (Å²) in [6, 6.07) is 1.72. The SMILES string of the molecule is COCCNC(=O)c1cc(C(C)C)ncn1. The normalized spacial score (nSPS) is 10.5. The highest BCUT2D eigenvalue weighted by molar-refractivity contribution is 5.92. The van der Waals surface area contributed by atoms with Gasteiger partial charge in [0, 0.05) is 19.3 Å². The van der Waals surface area contributed by atoms with E-state index in [-0.39, 0.29) is 11.8 Å². The number of carbonyl (C=O) groups excluding carboxylic acids is 1. The molecule has 88 valence electrons. The molecule has 1 rings (SSSR count). The van der Waals surface area contributed by atoms with Crippen LogP contribution in [0.25, 0.3) is 0 Å². The van der Waals surface area contributed by atoms with Crippen LogP contribution in [-0.4, -0.2) is 36.1 Å². The van der Waals surface area contributed by atoms with Crippen molar-refractivity contribution in [2.75, 3.05) is 20.3 Å². The van der Waals surface area contributed by atoms with E-state index < -0.39 is 0 Å². The molecule has 1 amide bonds. The minimum absolute atomic E-state index is 0.193. The van der Waals surface area contributed by atoms with Crippen LogP contribution < -0.4 is 5.32 Å². The number of nitrogens with zero attached hydrogens (tertiary/aromatic N) is 2. The molecule has 1 aromatic heterocycles. The molecule has 0 saturated carbocycles. The molecule has 0 atom stereocenters. The average Bonchev–Trinajstić information content (AvgIpc) is 2.29. The van der Waals surface area contributed by atoms with E-state index in [4.69, 9.17) is 4.74 Å². The van der Waals surface area contributed by atoms with E-state index >= 15 is 0 Å². The van der Waals surface area contributed by atoms with Gasteiger partial charge in [-0.1, -0.05) is 13.8 Å². The first-order chi connectivity index (χ1) is 7.65. The first-order valence-corrected chi connectivity index (χ1v) is 5.24. The van der Waals surface area contributed by atoms with Crippen LogP contribution in [0.15, 0.2) is 12.4 Å². The lowest BCUT2D eigenvalue weighted by atomic mass is 10.1. The summed E-state index contributed by atoms with van der Waals surface area (Å²) in [5.74, 6) is 0.0925. The highest BCUT2D eigenvalue weighted by Gasteiger charge is 2.09. The Kier molecular flexibility index (Phi) is 4.85. The zero-order valence-corrected chi connectivity index (χ0v) is 9.86. The Morgan fingerprint density at radius 3 is 2.88 bits per heavy atom. The van der Waals surface area contributed by atoms with Crippen molar-refractivity contribution in [1.29, 1.82) is 0 Å². The van der Waals surface area contributed by atoms with Crippen molar-refractivity contribution in [3.05, 3.63) is 23.8 Å². The molecule has 5 nitrogen and oxygen atoms in total. The molecular formula is C11H17N3O2. The average molecular weight is 223 g/mol. The maximum Gasteiger partial charge on any atom is 0.270 e. The highest BCUT2D eigenvalue weighted by Crippen LogP contribution is 2.10. The van der Waals surface area contributed by atoms with Crippen molar-refractivity contribution in [3.8, 4) is 0 Å². The number of amides is 1. The van der Waals surface area contributed by atoms with Gasteiger partial charge in [-0.25, -0.2) is 9.97 Å². The number of hydrogen-bond donors (Lipinski definition) is 1. The van der Waals surface area contributed by atoms with Gasteiger partial charge in [-0.15, -0.1) is 0 Å². The molecule has 0 saturated heterocycles. The lowest BCUT2D eigenvalue weighted by molar-refractivity contribution is 0.0932. The Morgan fingerprint density at radius 1 is 1.50 bits per heavy atom. The van der Waals surface area contributed by atoms with Crippen LogP contribution in [0, 0.1) is 0 Å². The number of ether oxygens (including phenoxy) is 1. The Labute approximate surface area is 95.3 Å². The van der Waals surface area contributed by atoms with Gasteiger partial charge in [-0.3, -0.25) is 4.79 Å². The van der Waals surface area contributed by atoms with Gasteiger partial charge in [0.2, 0.25) is 0 Å². The predicted molar refractivity (Wildman–Crippen MR) is 60.3 cm³/mol. The monoisotopic (exact) mass is 223 g/mol. The molecule has 16 heavy (non-hydrogen) atoms. The third-order valence-corrected chi connectivity index (χ3v) is 2.10. The van der Waals surface area contributed by atoms with Gasteiger partial charge in [0.05, 0.1) is 6.61 Å². The zero-order valence-electron chi connectivity index (χ0n) is 9.86. The first-order valence-electron chi connectivity index (χ1n) is 5.24. The summed E-state index contributed by atoms with van der Waals surface area (Å²) in [4.78, 5) is 19.7. The highest BCUT2D eigenvalue weighted by atomic mass is 16.5. The lowest BCUT2D eigenvalue weighted by Gasteiger charge is -2.06. The van der Waals surface area contributed by atoms with Crippen LogP contribution in [0.1, 0.15) is 35.9 Å². The van der Waals surface area contributed by atoms with Crippen molar-refractivity contribution in [1.82, 2.24) is 15.3 Å². The molecule has 0 fully saturated rings. The Balaban J connectivity index is 2.64. The van der Waals surface area contributed by atoms with Gasteiger partial charge < -0.3 is 10.1 Å². The molecule has 0 bridgehead atoms. The molecule has 0 radical (unpaired) electrons. The maximum absolute atomic E-state index is 11.6. The number of aromatic nitrogens is 2. The van der Waals surface area contributed by atoms with Crippen LogP contribution >= 0.6 is 0 Å². The molecule has 0 aliphatic carbocycles. The topological polar surface area (TPSA) is 64.1 Å². The number of carbonyl (C=O) groups is 1. The predicted octanol–water partition coefficient (Wildman–Crippen LogP) is 0.976. The van der Waals surface area contributed by atoms with E-state index in [2.05, 4.69) is 15.3 Å². The number of nitrogens with one attached hydrogen (secondary N) is 1. The lowest BCUT2D eigenvalue weighted by Crippen LogP contribution is -2.27. The van der Waals surface area contributed by atoms with Crippen LogP contribution in [0.4, 0.5) is 0 Å². The Bertz CT molecular complexity index is 353. The van der Waals surface area contributed by atoms with Crippen LogP contribution in [-0.2, 0) is 4.74 Å². The van der Waals surface area contributed by atoms with Crippen molar-refractivity contribution < 1.29 is 9.53 Å². The second-order valence-corrected chi connectivity index (χ2v) is 3.73. The number of hydrogen-bond acceptors (Lipinski definition) is 4. The number of methoxy groups -OCH3 is 1. The molecule has 5 heteroatoms. The minimum atomic E-state index is -0.193. The smallest absolute Gasteiger partial charge is 0.270 e. The van der Waals surface area contributed by atoms with E-state index in [1.54, 1.807) is 13.2 Å². The summed E-state index contributed by atoms with van der Waals surface area (Å²) in [5, 5.41) is 2.71. The van der Waals surface area contributed by atoms with Crippen molar-refractivity contribution in [3.63, 3.8) is 0 Å². The molecule has 0 aliphatic heterocycles. The molecule has 0 aliphatic rings. The molecule has 1 N–H and O–H groups in total. The third kappa shape index (κ3) is 3.58. The van der Waals surface area contributed by atoms with Crippen LogP contribution in [0.2, 0.25) is 0 Å². The summed E-state index contributed by atoms with van der Waals surface area (Å²) in [7, 11) is 1.59. The largest absolute Gasteiger partial charge is 0.383 e. The Hall–Kier alpha value is -1.49. The van der Waals surface area contributed by atoms with E-state index in [0.29, 0.717) is 18.8 Å².